The zero-order valence-corrected chi connectivity index (χ0v) is 17.1. The number of fused-ring (bicyclic) bond motifs is 1. The molecule has 0 aliphatic rings. The Morgan fingerprint density at radius 1 is 0.710 bits per heavy atom. The molecule has 0 unspecified atom stereocenters. The van der Waals surface area contributed by atoms with Gasteiger partial charge in [-0.05, 0) is 23.3 Å². The molecule has 4 heteroatoms. The number of nitrogens with zero attached hydrogens (tertiary/aromatic N) is 2. The van der Waals surface area contributed by atoms with Gasteiger partial charge in [0, 0.05) is 18.3 Å². The Morgan fingerprint density at radius 3 is 2.06 bits per heavy atom. The van der Waals surface area contributed by atoms with Crippen molar-refractivity contribution in [3.05, 3.63) is 120 Å². The number of aromatic nitrogens is 2. The van der Waals surface area contributed by atoms with E-state index in [1.807, 2.05) is 60.8 Å². The normalized spacial score (nSPS) is 10.8. The number of pyridine rings is 1. The Labute approximate surface area is 181 Å². The molecule has 0 spiro atoms. The van der Waals surface area contributed by atoms with E-state index >= 15 is 0 Å². The Kier molecular flexibility index (Phi) is 5.35. The lowest BCUT2D eigenvalue weighted by molar-refractivity contribution is 0.308. The van der Waals surface area contributed by atoms with Crippen molar-refractivity contribution in [1.29, 1.82) is 0 Å². The minimum Gasteiger partial charge on any atom is -0.485 e. The molecule has 0 bridgehead atoms. The van der Waals surface area contributed by atoms with E-state index in [0.717, 1.165) is 34.0 Å². The van der Waals surface area contributed by atoms with Crippen LogP contribution in [0.25, 0.3) is 16.9 Å². The summed E-state index contributed by atoms with van der Waals surface area (Å²) < 4.78 is 8.24. The SMILES string of the molecule is c1ccc(CNc2c(-c3ccccc3)nc3c(OCc4ccccc4)cccn23)cc1. The lowest BCUT2D eigenvalue weighted by Crippen LogP contribution is -2.03. The van der Waals surface area contributed by atoms with Gasteiger partial charge in [-0.1, -0.05) is 91.0 Å². The second kappa shape index (κ2) is 8.76. The van der Waals surface area contributed by atoms with Gasteiger partial charge in [0.2, 0.25) is 0 Å². The molecule has 0 amide bonds. The first kappa shape index (κ1) is 18.9. The van der Waals surface area contributed by atoms with Gasteiger partial charge in [0.1, 0.15) is 18.1 Å². The van der Waals surface area contributed by atoms with E-state index in [9.17, 15) is 0 Å². The molecule has 2 aromatic heterocycles. The van der Waals surface area contributed by atoms with Crippen molar-refractivity contribution in [1.82, 2.24) is 9.38 Å². The molecule has 0 aliphatic heterocycles. The van der Waals surface area contributed by atoms with Gasteiger partial charge >= 0.3 is 0 Å². The summed E-state index contributed by atoms with van der Waals surface area (Å²) in [5, 5.41) is 3.60. The first-order valence-corrected chi connectivity index (χ1v) is 10.4. The fraction of sp³-hybridized carbons (Fsp3) is 0.0741. The van der Waals surface area contributed by atoms with Crippen LogP contribution < -0.4 is 10.1 Å². The van der Waals surface area contributed by atoms with Crippen LogP contribution in [-0.2, 0) is 13.2 Å². The predicted molar refractivity (Wildman–Crippen MR) is 125 cm³/mol. The molecule has 0 saturated heterocycles. The molecule has 31 heavy (non-hydrogen) atoms. The molecule has 152 valence electrons. The van der Waals surface area contributed by atoms with Crippen LogP contribution in [0.2, 0.25) is 0 Å². The van der Waals surface area contributed by atoms with Gasteiger partial charge in [-0.15, -0.1) is 0 Å². The first-order valence-electron chi connectivity index (χ1n) is 10.4. The summed E-state index contributed by atoms with van der Waals surface area (Å²) in [6.07, 6.45) is 2.03. The highest BCUT2D eigenvalue weighted by atomic mass is 16.5. The Bertz CT molecular complexity index is 1270. The number of hydrogen-bond donors (Lipinski definition) is 1. The third kappa shape index (κ3) is 4.14. The van der Waals surface area contributed by atoms with Crippen LogP contribution in [0.4, 0.5) is 5.82 Å². The van der Waals surface area contributed by atoms with Crippen LogP contribution in [0, 0.1) is 0 Å². The van der Waals surface area contributed by atoms with Gasteiger partial charge < -0.3 is 10.1 Å². The average Bonchev–Trinajstić information content (AvgIpc) is 3.22. The molecular weight excluding hydrogens is 382 g/mol. The van der Waals surface area contributed by atoms with Gasteiger partial charge in [0.15, 0.2) is 11.4 Å². The van der Waals surface area contributed by atoms with Gasteiger partial charge in [0.25, 0.3) is 0 Å². The van der Waals surface area contributed by atoms with E-state index in [2.05, 4.69) is 58.2 Å². The first-order chi connectivity index (χ1) is 15.4. The maximum atomic E-state index is 6.16. The zero-order valence-electron chi connectivity index (χ0n) is 17.1. The van der Waals surface area contributed by atoms with Gasteiger partial charge in [-0.2, -0.15) is 0 Å². The third-order valence-corrected chi connectivity index (χ3v) is 5.20. The summed E-state index contributed by atoms with van der Waals surface area (Å²) in [5.74, 6) is 1.71. The number of hydrogen-bond acceptors (Lipinski definition) is 3. The molecule has 0 saturated carbocycles. The van der Waals surface area contributed by atoms with Crippen molar-refractivity contribution >= 4 is 11.5 Å². The van der Waals surface area contributed by atoms with Crippen molar-refractivity contribution in [3.8, 4) is 17.0 Å². The Hall–Kier alpha value is -4.05. The highest BCUT2D eigenvalue weighted by molar-refractivity contribution is 5.78. The molecule has 0 fully saturated rings. The molecule has 0 aliphatic carbocycles. The van der Waals surface area contributed by atoms with E-state index in [1.54, 1.807) is 0 Å². The predicted octanol–water partition coefficient (Wildman–Crippen LogP) is 6.19. The van der Waals surface area contributed by atoms with Gasteiger partial charge in [-0.25, -0.2) is 4.98 Å². The van der Waals surface area contributed by atoms with E-state index in [0.29, 0.717) is 13.2 Å². The molecular formula is C27H23N3O. The topological polar surface area (TPSA) is 38.6 Å². The lowest BCUT2D eigenvalue weighted by atomic mass is 10.1. The largest absolute Gasteiger partial charge is 0.485 e. The molecule has 3 aromatic carbocycles. The van der Waals surface area contributed by atoms with Crippen LogP contribution in [0.1, 0.15) is 11.1 Å². The number of nitrogens with one attached hydrogen (secondary N) is 1. The van der Waals surface area contributed by atoms with Crippen molar-refractivity contribution in [2.75, 3.05) is 5.32 Å². The average molecular weight is 406 g/mol. The summed E-state index contributed by atoms with van der Waals surface area (Å²) in [4.78, 5) is 4.98. The molecule has 0 radical (unpaired) electrons. The molecule has 5 rings (SSSR count). The van der Waals surface area contributed by atoms with Crippen molar-refractivity contribution < 1.29 is 4.74 Å². The fourth-order valence-corrected chi connectivity index (χ4v) is 3.64. The number of rotatable bonds is 7. The lowest BCUT2D eigenvalue weighted by Gasteiger charge is -2.10. The molecule has 2 heterocycles. The quantitative estimate of drug-likeness (QED) is 0.351. The second-order valence-corrected chi connectivity index (χ2v) is 7.35. The summed E-state index contributed by atoms with van der Waals surface area (Å²) in [5.41, 5.74) is 5.12. The Balaban J connectivity index is 1.53. The van der Waals surface area contributed by atoms with Gasteiger partial charge in [-0.3, -0.25) is 4.40 Å². The summed E-state index contributed by atoms with van der Waals surface area (Å²) in [7, 11) is 0. The van der Waals surface area contributed by atoms with Crippen molar-refractivity contribution in [3.63, 3.8) is 0 Å². The van der Waals surface area contributed by atoms with Crippen LogP contribution >= 0.6 is 0 Å². The second-order valence-electron chi connectivity index (χ2n) is 7.35. The monoisotopic (exact) mass is 405 g/mol. The van der Waals surface area contributed by atoms with Crippen LogP contribution in [0.15, 0.2) is 109 Å². The maximum Gasteiger partial charge on any atom is 0.181 e. The third-order valence-electron chi connectivity index (χ3n) is 5.20. The number of imidazole rings is 1. The number of benzene rings is 3. The van der Waals surface area contributed by atoms with E-state index in [-0.39, 0.29) is 0 Å². The molecule has 4 nitrogen and oxygen atoms in total. The number of ether oxygens (including phenoxy) is 1. The molecule has 0 atom stereocenters. The maximum absolute atomic E-state index is 6.16. The fourth-order valence-electron chi connectivity index (χ4n) is 3.64. The van der Waals surface area contributed by atoms with Gasteiger partial charge in [0.05, 0.1) is 0 Å². The minimum absolute atomic E-state index is 0.501. The highest BCUT2D eigenvalue weighted by Crippen LogP contribution is 2.32. The summed E-state index contributed by atoms with van der Waals surface area (Å²) in [6, 6.07) is 34.8. The summed E-state index contributed by atoms with van der Waals surface area (Å²) >= 11 is 0. The van der Waals surface area contributed by atoms with Crippen LogP contribution in [-0.4, -0.2) is 9.38 Å². The minimum atomic E-state index is 0.501. The van der Waals surface area contributed by atoms with Crippen molar-refractivity contribution in [2.24, 2.45) is 0 Å². The smallest absolute Gasteiger partial charge is 0.181 e. The van der Waals surface area contributed by atoms with E-state index < -0.39 is 0 Å². The molecule has 5 aromatic rings. The van der Waals surface area contributed by atoms with Crippen LogP contribution in [0.3, 0.4) is 0 Å². The number of anilines is 1. The van der Waals surface area contributed by atoms with Crippen LogP contribution in [0.5, 0.6) is 5.75 Å². The highest BCUT2D eigenvalue weighted by Gasteiger charge is 2.17. The van der Waals surface area contributed by atoms with E-state index in [1.165, 1.54) is 5.56 Å². The molecule has 1 N–H and O–H groups in total. The zero-order chi connectivity index (χ0) is 20.9. The standard InChI is InChI=1S/C27H23N3O/c1-4-11-21(12-5-1)19-28-27-25(23-15-8-3-9-16-23)29-26-24(17-10-18-30(26)27)31-20-22-13-6-2-7-14-22/h1-18,28H,19-20H2. The van der Waals surface area contributed by atoms with Crippen molar-refractivity contribution in [2.45, 2.75) is 13.2 Å². The van der Waals surface area contributed by atoms with E-state index in [4.69, 9.17) is 9.72 Å². The Morgan fingerprint density at radius 2 is 1.35 bits per heavy atom. The summed E-state index contributed by atoms with van der Waals surface area (Å²) in [6.45, 7) is 1.21.